The van der Waals surface area contributed by atoms with Crippen molar-refractivity contribution in [2.75, 3.05) is 19.8 Å². The minimum absolute atomic E-state index is 0.0304. The second-order valence-corrected chi connectivity index (χ2v) is 7.20. The molecule has 1 saturated carbocycles. The van der Waals surface area contributed by atoms with E-state index in [0.717, 1.165) is 12.8 Å². The Morgan fingerprint density at radius 1 is 1.33 bits per heavy atom. The van der Waals surface area contributed by atoms with E-state index in [0.29, 0.717) is 25.7 Å². The number of fused-ring (bicyclic) bond motifs is 1. The first-order valence-electron chi connectivity index (χ1n) is 7.72. The average molecular weight is 296 g/mol. The molecule has 2 saturated heterocycles. The fraction of sp³-hybridized carbons (Fsp3) is 0.867. The summed E-state index contributed by atoms with van der Waals surface area (Å²) in [5, 5.41) is 9.50. The minimum Gasteiger partial charge on any atom is -0.480 e. The van der Waals surface area contributed by atoms with Crippen LogP contribution in [0, 0.1) is 23.2 Å². The number of hydrogen-bond donors (Lipinski definition) is 2. The molecule has 118 valence electrons. The molecule has 6 heteroatoms. The number of carbonyl (C=O) groups is 2. The molecule has 1 amide bonds. The Kier molecular flexibility index (Phi) is 3.48. The van der Waals surface area contributed by atoms with Gasteiger partial charge in [-0.3, -0.25) is 4.79 Å². The largest absolute Gasteiger partial charge is 0.480 e. The van der Waals surface area contributed by atoms with Crippen LogP contribution in [0.25, 0.3) is 0 Å². The van der Waals surface area contributed by atoms with E-state index in [1.165, 1.54) is 4.90 Å². The van der Waals surface area contributed by atoms with Gasteiger partial charge < -0.3 is 20.5 Å². The Hall–Kier alpha value is -1.14. The Balaban J connectivity index is 1.71. The minimum atomic E-state index is -0.902. The van der Waals surface area contributed by atoms with Crippen LogP contribution in [0.2, 0.25) is 0 Å². The number of amides is 1. The van der Waals surface area contributed by atoms with Crippen molar-refractivity contribution in [2.45, 2.75) is 38.8 Å². The molecule has 0 unspecified atom stereocenters. The summed E-state index contributed by atoms with van der Waals surface area (Å²) in [5.74, 6) is -0.631. The first-order chi connectivity index (χ1) is 9.85. The highest BCUT2D eigenvalue weighted by atomic mass is 16.5. The number of carbonyl (C=O) groups excluding carboxylic acids is 1. The molecule has 6 nitrogen and oxygen atoms in total. The third-order valence-electron chi connectivity index (χ3n) is 5.80. The average Bonchev–Trinajstić information content (AvgIpc) is 2.85. The van der Waals surface area contributed by atoms with Crippen LogP contribution >= 0.6 is 0 Å². The highest BCUT2D eigenvalue weighted by molar-refractivity contribution is 5.88. The predicted molar refractivity (Wildman–Crippen MR) is 75.4 cm³/mol. The zero-order valence-corrected chi connectivity index (χ0v) is 12.6. The van der Waals surface area contributed by atoms with E-state index in [4.69, 9.17) is 10.5 Å². The molecule has 3 rings (SSSR count). The van der Waals surface area contributed by atoms with Gasteiger partial charge in [-0.25, -0.2) is 4.79 Å². The summed E-state index contributed by atoms with van der Waals surface area (Å²) in [4.78, 5) is 25.7. The zero-order valence-electron chi connectivity index (χ0n) is 12.6. The molecule has 0 spiro atoms. The molecule has 3 fully saturated rings. The van der Waals surface area contributed by atoms with Crippen LogP contribution in [-0.2, 0) is 14.3 Å². The van der Waals surface area contributed by atoms with Crippen molar-refractivity contribution in [2.24, 2.45) is 28.9 Å². The number of rotatable bonds is 3. The highest BCUT2D eigenvalue weighted by Crippen LogP contribution is 2.64. The molecule has 1 aliphatic carbocycles. The van der Waals surface area contributed by atoms with Gasteiger partial charge in [0, 0.05) is 25.7 Å². The Bertz CT molecular complexity index is 459. The lowest BCUT2D eigenvalue weighted by Crippen LogP contribution is -2.54. The first kappa shape index (κ1) is 14.8. The molecule has 2 aliphatic heterocycles. The molecule has 0 bridgehead atoms. The molecule has 4 atom stereocenters. The Morgan fingerprint density at radius 2 is 1.95 bits per heavy atom. The number of nitrogens with two attached hydrogens (primary N) is 1. The van der Waals surface area contributed by atoms with Gasteiger partial charge in [-0.1, -0.05) is 13.8 Å². The zero-order chi connectivity index (χ0) is 15.4. The van der Waals surface area contributed by atoms with E-state index in [1.54, 1.807) is 0 Å². The summed E-state index contributed by atoms with van der Waals surface area (Å²) in [6.07, 6.45) is 1.55. The third-order valence-corrected chi connectivity index (χ3v) is 5.80. The number of piperidine rings is 1. The number of carboxylic acids is 1. The number of carboxylic acid groups (broad SMARTS) is 1. The summed E-state index contributed by atoms with van der Waals surface area (Å²) in [6, 6.07) is -1.31. The maximum atomic E-state index is 12.6. The molecule has 2 heterocycles. The predicted octanol–water partition coefficient (Wildman–Crippen LogP) is 0.308. The molecule has 0 aromatic carbocycles. The number of likely N-dealkylation sites (tertiary alicyclic amines) is 1. The van der Waals surface area contributed by atoms with Crippen LogP contribution in [0.15, 0.2) is 0 Å². The fourth-order valence-electron chi connectivity index (χ4n) is 4.26. The van der Waals surface area contributed by atoms with Gasteiger partial charge in [0.2, 0.25) is 5.91 Å². The second-order valence-electron chi connectivity index (χ2n) is 7.20. The van der Waals surface area contributed by atoms with E-state index in [1.807, 2.05) is 0 Å². The van der Waals surface area contributed by atoms with Gasteiger partial charge in [-0.2, -0.15) is 0 Å². The lowest BCUT2D eigenvalue weighted by molar-refractivity contribution is -0.151. The van der Waals surface area contributed by atoms with Gasteiger partial charge in [-0.05, 0) is 30.1 Å². The summed E-state index contributed by atoms with van der Waals surface area (Å²) >= 11 is 0. The topological polar surface area (TPSA) is 92.9 Å². The van der Waals surface area contributed by atoms with E-state index in [-0.39, 0.29) is 23.2 Å². The van der Waals surface area contributed by atoms with Crippen molar-refractivity contribution in [3.05, 3.63) is 0 Å². The quantitative estimate of drug-likeness (QED) is 0.782. The van der Waals surface area contributed by atoms with Crippen molar-refractivity contribution in [1.29, 1.82) is 0 Å². The van der Waals surface area contributed by atoms with Crippen LogP contribution in [0.3, 0.4) is 0 Å². The summed E-state index contributed by atoms with van der Waals surface area (Å²) in [7, 11) is 0. The van der Waals surface area contributed by atoms with Crippen molar-refractivity contribution in [3.63, 3.8) is 0 Å². The van der Waals surface area contributed by atoms with Crippen LogP contribution in [0.5, 0.6) is 0 Å². The fourth-order valence-corrected chi connectivity index (χ4v) is 4.26. The van der Waals surface area contributed by atoms with Crippen molar-refractivity contribution in [3.8, 4) is 0 Å². The maximum Gasteiger partial charge on any atom is 0.326 e. The van der Waals surface area contributed by atoms with Gasteiger partial charge in [0.15, 0.2) is 0 Å². The van der Waals surface area contributed by atoms with E-state index >= 15 is 0 Å². The van der Waals surface area contributed by atoms with Crippen molar-refractivity contribution in [1.82, 2.24) is 4.90 Å². The van der Waals surface area contributed by atoms with E-state index in [2.05, 4.69) is 13.8 Å². The van der Waals surface area contributed by atoms with Crippen LogP contribution in [0.4, 0.5) is 0 Å². The van der Waals surface area contributed by atoms with Gasteiger partial charge in [0.25, 0.3) is 0 Å². The monoisotopic (exact) mass is 296 g/mol. The Morgan fingerprint density at radius 3 is 2.52 bits per heavy atom. The van der Waals surface area contributed by atoms with Crippen LogP contribution in [-0.4, -0.2) is 53.7 Å². The molecule has 0 radical (unpaired) electrons. The van der Waals surface area contributed by atoms with Crippen molar-refractivity contribution >= 4 is 11.9 Å². The second kappa shape index (κ2) is 4.95. The number of nitrogens with zero attached hydrogens (tertiary/aromatic N) is 1. The SMILES string of the molecule is CC1(C)[C@@H]2[C@@H](C(=O)O)N(C(=O)[C@@H](N)C3CCOCC3)C[C@@H]21. The molecule has 0 aromatic heterocycles. The third kappa shape index (κ3) is 2.25. The lowest BCUT2D eigenvalue weighted by atomic mass is 9.90. The summed E-state index contributed by atoms with van der Waals surface area (Å²) < 4.78 is 5.29. The van der Waals surface area contributed by atoms with Gasteiger partial charge in [0.1, 0.15) is 6.04 Å². The van der Waals surface area contributed by atoms with Crippen LogP contribution < -0.4 is 5.73 Å². The lowest BCUT2D eigenvalue weighted by Gasteiger charge is -2.34. The first-order valence-corrected chi connectivity index (χ1v) is 7.72. The van der Waals surface area contributed by atoms with Gasteiger partial charge in [-0.15, -0.1) is 0 Å². The summed E-state index contributed by atoms with van der Waals surface area (Å²) in [6.45, 7) is 5.96. The van der Waals surface area contributed by atoms with E-state index in [9.17, 15) is 14.7 Å². The number of hydrogen-bond acceptors (Lipinski definition) is 4. The maximum absolute atomic E-state index is 12.6. The van der Waals surface area contributed by atoms with Crippen molar-refractivity contribution < 1.29 is 19.4 Å². The highest BCUT2D eigenvalue weighted by Gasteiger charge is 2.69. The summed E-state index contributed by atoms with van der Waals surface area (Å²) in [5.41, 5.74) is 6.15. The standard InChI is InChI=1S/C15H24N2O4/c1-15(2)9-7-17(12(10(9)15)14(19)20)13(18)11(16)8-3-5-21-6-4-8/h8-12H,3-7,16H2,1-2H3,(H,19,20)/t9-,10-,11-,12-/m0/s1. The molecule has 3 aliphatic rings. The molecular formula is C15H24N2O4. The van der Waals surface area contributed by atoms with Gasteiger partial charge >= 0.3 is 5.97 Å². The van der Waals surface area contributed by atoms with E-state index < -0.39 is 18.1 Å². The van der Waals surface area contributed by atoms with Gasteiger partial charge in [0.05, 0.1) is 6.04 Å². The smallest absolute Gasteiger partial charge is 0.326 e. The Labute approximate surface area is 124 Å². The molecule has 3 N–H and O–H groups in total. The van der Waals surface area contributed by atoms with Crippen LogP contribution in [0.1, 0.15) is 26.7 Å². The number of aliphatic carboxylic acids is 1. The number of ether oxygens (including phenoxy) is 1. The normalized spacial score (nSPS) is 36.1. The molecule has 0 aromatic rings. The molecule has 21 heavy (non-hydrogen) atoms. The molecular weight excluding hydrogens is 272 g/mol.